The minimum atomic E-state index is -0.715. The van der Waals surface area contributed by atoms with Crippen molar-refractivity contribution in [2.24, 2.45) is 0 Å². The Balaban J connectivity index is 1.10. The van der Waals surface area contributed by atoms with Gasteiger partial charge in [-0.2, -0.15) is 0 Å². The van der Waals surface area contributed by atoms with Gasteiger partial charge in [0.15, 0.2) is 0 Å². The van der Waals surface area contributed by atoms with Gasteiger partial charge in [-0.15, -0.1) is 0 Å². The van der Waals surface area contributed by atoms with Gasteiger partial charge in [-0.25, -0.2) is 0 Å². The standard InChI is InChI=1S/C37H38O5Se2/c1-27-9-5-10-28(2)35(27)43-23-7-21-39-33-17-13-31(14-18-33)25-41-37(38)42-26-32-15-19-34(20-16-32)40-22-8-24-44-36-29(3)11-6-12-30(36)4/h5-22H,23-26H2,1-4H3. The van der Waals surface area contributed by atoms with Gasteiger partial charge in [0.05, 0.1) is 0 Å². The molecule has 228 valence electrons. The molecule has 0 heterocycles. The van der Waals surface area contributed by atoms with Gasteiger partial charge in [-0.05, 0) is 0 Å². The zero-order valence-corrected chi connectivity index (χ0v) is 29.0. The first-order chi connectivity index (χ1) is 21.4. The fourth-order valence-corrected chi connectivity index (χ4v) is 8.22. The van der Waals surface area contributed by atoms with Gasteiger partial charge in [-0.3, -0.25) is 0 Å². The second-order valence-corrected chi connectivity index (χ2v) is 14.5. The van der Waals surface area contributed by atoms with Crippen LogP contribution in [0.5, 0.6) is 11.5 Å². The fraction of sp³-hybridized carbons (Fsp3) is 0.216. The van der Waals surface area contributed by atoms with Gasteiger partial charge in [-0.1, -0.05) is 0 Å². The molecule has 0 radical (unpaired) electrons. The molecule has 0 spiro atoms. The summed E-state index contributed by atoms with van der Waals surface area (Å²) in [6, 6.07) is 27.8. The van der Waals surface area contributed by atoms with Gasteiger partial charge in [0, 0.05) is 0 Å². The number of rotatable bonds is 14. The van der Waals surface area contributed by atoms with Crippen molar-refractivity contribution in [2.75, 3.05) is 0 Å². The van der Waals surface area contributed by atoms with E-state index in [1.54, 1.807) is 12.5 Å². The molecule has 0 aliphatic heterocycles. The fourth-order valence-electron chi connectivity index (χ4n) is 4.30. The first-order valence-electron chi connectivity index (χ1n) is 14.4. The Bertz CT molecular complexity index is 1400. The molecule has 44 heavy (non-hydrogen) atoms. The van der Waals surface area contributed by atoms with Crippen molar-refractivity contribution < 1.29 is 23.7 Å². The number of benzene rings is 4. The van der Waals surface area contributed by atoms with Crippen molar-refractivity contribution in [2.45, 2.75) is 51.5 Å². The Morgan fingerprint density at radius 1 is 0.568 bits per heavy atom. The Labute approximate surface area is 273 Å². The van der Waals surface area contributed by atoms with Crippen LogP contribution in [0.15, 0.2) is 110 Å². The van der Waals surface area contributed by atoms with E-state index < -0.39 is 6.16 Å². The van der Waals surface area contributed by atoms with Crippen molar-refractivity contribution in [1.29, 1.82) is 0 Å². The molecular weight excluding hydrogens is 682 g/mol. The number of aryl methyl sites for hydroxylation is 4. The number of hydrogen-bond acceptors (Lipinski definition) is 5. The molecule has 4 rings (SSSR count). The molecule has 0 amide bonds. The second-order valence-electron chi connectivity index (χ2n) is 10.2. The maximum absolute atomic E-state index is 12.1. The van der Waals surface area contributed by atoms with Gasteiger partial charge in [0.1, 0.15) is 0 Å². The van der Waals surface area contributed by atoms with Crippen molar-refractivity contribution in [1.82, 2.24) is 0 Å². The van der Waals surface area contributed by atoms with E-state index >= 15 is 0 Å². The Kier molecular flexibility index (Phi) is 13.2. The molecular formula is C37H38O5Se2. The molecule has 0 bridgehead atoms. The van der Waals surface area contributed by atoms with Crippen LogP contribution >= 0.6 is 0 Å². The summed E-state index contributed by atoms with van der Waals surface area (Å²) in [5.74, 6) is 1.46. The Morgan fingerprint density at radius 3 is 1.30 bits per heavy atom. The minimum absolute atomic E-state index is 0.122. The number of allylic oxidation sites excluding steroid dienone is 2. The van der Waals surface area contributed by atoms with E-state index in [4.69, 9.17) is 18.9 Å². The van der Waals surface area contributed by atoms with Crippen LogP contribution in [0.25, 0.3) is 0 Å². The quantitative estimate of drug-likeness (QED) is 0.0770. The van der Waals surface area contributed by atoms with E-state index in [0.29, 0.717) is 29.9 Å². The molecule has 4 aromatic carbocycles. The van der Waals surface area contributed by atoms with E-state index in [-0.39, 0.29) is 13.2 Å². The zero-order chi connectivity index (χ0) is 31.1. The molecule has 4 aromatic rings. The summed E-state index contributed by atoms with van der Waals surface area (Å²) < 4.78 is 24.9. The topological polar surface area (TPSA) is 54.0 Å². The molecule has 0 aliphatic rings. The first-order valence-corrected chi connectivity index (χ1v) is 18.5. The summed E-state index contributed by atoms with van der Waals surface area (Å²) in [4.78, 5) is 12.1. The van der Waals surface area contributed by atoms with Gasteiger partial charge >= 0.3 is 275 Å². The molecule has 0 aliphatic carbocycles. The van der Waals surface area contributed by atoms with Crippen LogP contribution in [-0.4, -0.2) is 36.1 Å². The molecule has 0 saturated heterocycles. The van der Waals surface area contributed by atoms with Crippen molar-refractivity contribution >= 4 is 45.0 Å². The summed E-state index contributed by atoms with van der Waals surface area (Å²) in [7, 11) is 0. The number of carbonyl (C=O) groups excluding carboxylic acids is 1. The summed E-state index contributed by atoms with van der Waals surface area (Å²) >= 11 is 0.755. The summed E-state index contributed by atoms with van der Waals surface area (Å²) in [6.07, 6.45) is 6.89. The number of ether oxygens (including phenoxy) is 4. The average Bonchev–Trinajstić information content (AvgIpc) is 3.02. The van der Waals surface area contributed by atoms with E-state index in [9.17, 15) is 4.79 Å². The maximum atomic E-state index is 12.1. The second kappa shape index (κ2) is 17.5. The zero-order valence-electron chi connectivity index (χ0n) is 25.6. The van der Waals surface area contributed by atoms with Crippen LogP contribution in [0.4, 0.5) is 4.79 Å². The van der Waals surface area contributed by atoms with Crippen LogP contribution in [0.2, 0.25) is 10.6 Å². The van der Waals surface area contributed by atoms with Crippen molar-refractivity contribution in [3.8, 4) is 11.5 Å². The van der Waals surface area contributed by atoms with Crippen LogP contribution in [-0.2, 0) is 22.7 Å². The predicted octanol–water partition coefficient (Wildman–Crippen LogP) is 7.45. The SMILES string of the molecule is Cc1cccc(C)c1[Se]CC=COc1ccc(COC(=O)OCc2ccc(OC=CC[Se]c3c(C)cccc3C)cc2)cc1. The van der Waals surface area contributed by atoms with Crippen LogP contribution < -0.4 is 18.4 Å². The summed E-state index contributed by atoms with van der Waals surface area (Å²) in [5.41, 5.74) is 7.10. The van der Waals surface area contributed by atoms with Gasteiger partial charge < -0.3 is 0 Å². The molecule has 0 unspecified atom stereocenters. The molecule has 0 atom stereocenters. The van der Waals surface area contributed by atoms with Crippen LogP contribution in [0.1, 0.15) is 33.4 Å². The first kappa shape index (κ1) is 33.2. The third kappa shape index (κ3) is 10.8. The van der Waals surface area contributed by atoms with Crippen molar-refractivity contribution in [3.63, 3.8) is 0 Å². The predicted molar refractivity (Wildman–Crippen MR) is 180 cm³/mol. The third-order valence-corrected chi connectivity index (χ3v) is 12.0. The third-order valence-electron chi connectivity index (χ3n) is 6.63. The molecule has 0 N–H and O–H groups in total. The molecule has 5 nitrogen and oxygen atoms in total. The molecule has 0 aromatic heterocycles. The Morgan fingerprint density at radius 2 is 0.932 bits per heavy atom. The number of carbonyl (C=O) groups is 1. The van der Waals surface area contributed by atoms with Gasteiger partial charge in [0.25, 0.3) is 0 Å². The number of hydrogen-bond donors (Lipinski definition) is 0. The Hall–Kier alpha value is -3.73. The normalized spacial score (nSPS) is 11.2. The molecule has 0 saturated carbocycles. The average molecular weight is 721 g/mol. The monoisotopic (exact) mass is 722 g/mol. The van der Waals surface area contributed by atoms with Crippen molar-refractivity contribution in [3.05, 3.63) is 143 Å². The van der Waals surface area contributed by atoms with E-state index in [0.717, 1.165) is 33.3 Å². The van der Waals surface area contributed by atoms with Crippen LogP contribution in [0, 0.1) is 27.7 Å². The molecule has 7 heteroatoms. The summed E-state index contributed by atoms with van der Waals surface area (Å²) in [6.45, 7) is 8.91. The van der Waals surface area contributed by atoms with Crippen LogP contribution in [0.3, 0.4) is 0 Å². The van der Waals surface area contributed by atoms with E-state index in [1.807, 2.05) is 48.5 Å². The molecule has 0 fully saturated rings. The van der Waals surface area contributed by atoms with Gasteiger partial charge in [0.2, 0.25) is 0 Å². The van der Waals surface area contributed by atoms with E-state index in [2.05, 4.69) is 76.2 Å². The van der Waals surface area contributed by atoms with E-state index in [1.165, 1.54) is 31.2 Å². The summed E-state index contributed by atoms with van der Waals surface area (Å²) in [5, 5.41) is 1.94.